The number of halogens is 3. The molecule has 0 saturated carbocycles. The first-order valence-corrected chi connectivity index (χ1v) is 8.80. The molecule has 0 fully saturated rings. The number of hydrogen-bond donors (Lipinski definition) is 1. The van der Waals surface area contributed by atoms with Gasteiger partial charge in [-0.2, -0.15) is 0 Å². The lowest BCUT2D eigenvalue weighted by molar-refractivity contribution is 0.301. The summed E-state index contributed by atoms with van der Waals surface area (Å²) in [6, 6.07) is 9.50. The molecule has 0 saturated heterocycles. The second kappa shape index (κ2) is 6.43. The molecule has 0 aliphatic heterocycles. The van der Waals surface area contributed by atoms with Crippen molar-refractivity contribution in [3.8, 4) is 5.75 Å². The van der Waals surface area contributed by atoms with E-state index in [4.69, 9.17) is 9.88 Å². The maximum Gasteiger partial charge on any atom is 0.241 e. The normalized spacial score (nSPS) is 11.4. The highest BCUT2D eigenvalue weighted by Crippen LogP contribution is 2.31. The lowest BCUT2D eigenvalue weighted by Crippen LogP contribution is -2.14. The Hall–Kier alpha value is -0.960. The second-order valence-electron chi connectivity index (χ2n) is 4.14. The van der Waals surface area contributed by atoms with Crippen LogP contribution >= 0.6 is 31.9 Å². The molecule has 0 aliphatic rings. The summed E-state index contributed by atoms with van der Waals surface area (Å²) in [5.74, 6) is -0.765. The molecule has 21 heavy (non-hydrogen) atoms. The van der Waals surface area contributed by atoms with Crippen LogP contribution in [0.1, 0.15) is 5.56 Å². The van der Waals surface area contributed by atoms with E-state index in [0.717, 1.165) is 22.2 Å². The van der Waals surface area contributed by atoms with Crippen molar-refractivity contribution in [1.82, 2.24) is 0 Å². The van der Waals surface area contributed by atoms with Gasteiger partial charge in [-0.15, -0.1) is 0 Å². The van der Waals surface area contributed by atoms with E-state index >= 15 is 0 Å². The molecule has 0 unspecified atom stereocenters. The van der Waals surface area contributed by atoms with E-state index in [9.17, 15) is 12.8 Å². The van der Waals surface area contributed by atoms with E-state index in [2.05, 4.69) is 31.9 Å². The third-order valence-corrected chi connectivity index (χ3v) is 4.95. The Morgan fingerprint density at radius 1 is 1.14 bits per heavy atom. The number of sulfonamides is 1. The largest absolute Gasteiger partial charge is 0.488 e. The van der Waals surface area contributed by atoms with Crippen molar-refractivity contribution in [3.63, 3.8) is 0 Å². The fourth-order valence-electron chi connectivity index (χ4n) is 1.61. The van der Waals surface area contributed by atoms with Crippen molar-refractivity contribution in [2.75, 3.05) is 0 Å². The lowest BCUT2D eigenvalue weighted by atomic mass is 10.2. The minimum Gasteiger partial charge on any atom is -0.488 e. The van der Waals surface area contributed by atoms with Crippen molar-refractivity contribution in [1.29, 1.82) is 0 Å². The Kier molecular flexibility index (Phi) is 5.03. The number of ether oxygens (including phenoxy) is 1. The van der Waals surface area contributed by atoms with Crippen molar-refractivity contribution in [2.24, 2.45) is 5.14 Å². The van der Waals surface area contributed by atoms with E-state index in [1.807, 2.05) is 24.3 Å². The molecule has 0 spiro atoms. The van der Waals surface area contributed by atoms with Crippen LogP contribution in [0.2, 0.25) is 0 Å². The summed E-state index contributed by atoms with van der Waals surface area (Å²) in [5, 5.41) is 4.93. The average molecular weight is 439 g/mol. The van der Waals surface area contributed by atoms with Gasteiger partial charge in [0.25, 0.3) is 0 Å². The number of hydrogen-bond acceptors (Lipinski definition) is 3. The quantitative estimate of drug-likeness (QED) is 0.793. The molecular weight excluding hydrogens is 429 g/mol. The Balaban J connectivity index is 2.26. The summed E-state index contributed by atoms with van der Waals surface area (Å²) in [5.41, 5.74) is 0.875. The SMILES string of the molecule is NS(=O)(=O)c1cc(Br)c(OCc2ccccc2Br)cc1F. The highest BCUT2D eigenvalue weighted by molar-refractivity contribution is 9.10. The van der Waals surface area contributed by atoms with Crippen LogP contribution in [0.25, 0.3) is 0 Å². The second-order valence-corrected chi connectivity index (χ2v) is 7.38. The maximum absolute atomic E-state index is 13.8. The van der Waals surface area contributed by atoms with Gasteiger partial charge in [0, 0.05) is 16.1 Å². The molecule has 2 rings (SSSR count). The monoisotopic (exact) mass is 437 g/mol. The van der Waals surface area contributed by atoms with Crippen LogP contribution in [0.15, 0.2) is 50.2 Å². The van der Waals surface area contributed by atoms with Gasteiger partial charge in [0.1, 0.15) is 23.1 Å². The zero-order chi connectivity index (χ0) is 15.6. The van der Waals surface area contributed by atoms with Crippen LogP contribution in [0.4, 0.5) is 4.39 Å². The molecule has 0 heterocycles. The predicted octanol–water partition coefficient (Wildman–Crippen LogP) is 3.58. The van der Waals surface area contributed by atoms with Crippen molar-refractivity contribution in [2.45, 2.75) is 11.5 Å². The molecule has 2 aromatic carbocycles. The van der Waals surface area contributed by atoms with Crippen LogP contribution in [0.5, 0.6) is 5.75 Å². The third-order valence-electron chi connectivity index (χ3n) is 2.63. The third kappa shape index (κ3) is 4.03. The van der Waals surface area contributed by atoms with E-state index < -0.39 is 20.7 Å². The van der Waals surface area contributed by atoms with Gasteiger partial charge in [-0.3, -0.25) is 0 Å². The first kappa shape index (κ1) is 16.4. The zero-order valence-electron chi connectivity index (χ0n) is 10.5. The molecular formula is C13H10Br2FNO3S. The van der Waals surface area contributed by atoms with Gasteiger partial charge in [0.05, 0.1) is 4.47 Å². The van der Waals surface area contributed by atoms with Gasteiger partial charge >= 0.3 is 0 Å². The number of primary sulfonamides is 1. The molecule has 2 aromatic rings. The molecule has 2 N–H and O–H groups in total. The molecule has 0 aliphatic carbocycles. The lowest BCUT2D eigenvalue weighted by Gasteiger charge is -2.11. The fourth-order valence-corrected chi connectivity index (χ4v) is 3.23. The molecule has 0 radical (unpaired) electrons. The molecule has 0 atom stereocenters. The van der Waals surface area contributed by atoms with E-state index in [1.54, 1.807) is 0 Å². The minimum absolute atomic E-state index is 0.190. The summed E-state index contributed by atoms with van der Waals surface area (Å²) in [6.45, 7) is 0.203. The molecule has 0 bridgehead atoms. The summed E-state index contributed by atoms with van der Waals surface area (Å²) >= 11 is 6.52. The zero-order valence-corrected chi connectivity index (χ0v) is 14.5. The predicted molar refractivity (Wildman–Crippen MR) is 83.9 cm³/mol. The fraction of sp³-hybridized carbons (Fsp3) is 0.0769. The maximum atomic E-state index is 13.8. The smallest absolute Gasteiger partial charge is 0.241 e. The summed E-state index contributed by atoms with van der Waals surface area (Å²) < 4.78 is 42.9. The molecule has 112 valence electrons. The van der Waals surface area contributed by atoms with Gasteiger partial charge in [-0.05, 0) is 28.1 Å². The molecule has 8 heteroatoms. The van der Waals surface area contributed by atoms with Gasteiger partial charge in [0.15, 0.2) is 0 Å². The summed E-state index contributed by atoms with van der Waals surface area (Å²) in [7, 11) is -4.11. The minimum atomic E-state index is -4.11. The van der Waals surface area contributed by atoms with Gasteiger partial charge in [-0.25, -0.2) is 17.9 Å². The highest BCUT2D eigenvalue weighted by Gasteiger charge is 2.18. The number of nitrogens with two attached hydrogens (primary N) is 1. The van der Waals surface area contributed by atoms with Gasteiger partial charge in [-0.1, -0.05) is 34.1 Å². The highest BCUT2D eigenvalue weighted by atomic mass is 79.9. The molecule has 0 aromatic heterocycles. The summed E-state index contributed by atoms with van der Waals surface area (Å²) in [4.78, 5) is -0.581. The summed E-state index contributed by atoms with van der Waals surface area (Å²) in [6.07, 6.45) is 0. The first-order chi connectivity index (χ1) is 9.79. The Bertz CT molecular complexity index is 781. The van der Waals surface area contributed by atoms with Crippen LogP contribution in [0.3, 0.4) is 0 Å². The van der Waals surface area contributed by atoms with Crippen molar-refractivity contribution >= 4 is 41.9 Å². The Morgan fingerprint density at radius 3 is 2.43 bits per heavy atom. The Morgan fingerprint density at radius 2 is 1.81 bits per heavy atom. The van der Waals surface area contributed by atoms with Crippen molar-refractivity contribution < 1.29 is 17.5 Å². The number of benzene rings is 2. The standard InChI is InChI=1S/C13H10Br2FNO3S/c14-9-4-2-1-3-8(9)7-20-12-6-11(16)13(5-10(12)15)21(17,18)19/h1-6H,7H2,(H2,17,18,19). The van der Waals surface area contributed by atoms with E-state index in [0.29, 0.717) is 4.47 Å². The Labute approximate surface area is 138 Å². The van der Waals surface area contributed by atoms with Crippen LogP contribution in [0, 0.1) is 5.82 Å². The average Bonchev–Trinajstić information content (AvgIpc) is 2.39. The van der Waals surface area contributed by atoms with Gasteiger partial charge in [0.2, 0.25) is 10.0 Å². The van der Waals surface area contributed by atoms with E-state index in [1.165, 1.54) is 0 Å². The van der Waals surface area contributed by atoms with Gasteiger partial charge < -0.3 is 4.74 Å². The van der Waals surface area contributed by atoms with Crippen molar-refractivity contribution in [3.05, 3.63) is 56.7 Å². The van der Waals surface area contributed by atoms with Crippen LogP contribution in [-0.4, -0.2) is 8.42 Å². The number of rotatable bonds is 4. The van der Waals surface area contributed by atoms with Crippen LogP contribution < -0.4 is 9.88 Å². The topological polar surface area (TPSA) is 69.4 Å². The van der Waals surface area contributed by atoms with Crippen LogP contribution in [-0.2, 0) is 16.6 Å². The molecule has 4 nitrogen and oxygen atoms in total. The molecule has 0 amide bonds. The van der Waals surface area contributed by atoms with E-state index in [-0.39, 0.29) is 12.4 Å². The first-order valence-electron chi connectivity index (χ1n) is 5.67.